The van der Waals surface area contributed by atoms with E-state index in [0.717, 1.165) is 0 Å². The predicted octanol–water partition coefficient (Wildman–Crippen LogP) is 1.56. The Kier molecular flexibility index (Phi) is 4.19. The average Bonchev–Trinajstić information content (AvgIpc) is 2.15. The van der Waals surface area contributed by atoms with Crippen LogP contribution in [0.15, 0.2) is 0 Å². The van der Waals surface area contributed by atoms with Crippen LogP contribution < -0.4 is 10.5 Å². The Morgan fingerprint density at radius 2 is 2.12 bits per heavy atom. The molecule has 0 aliphatic rings. The molecule has 1 rings (SSSR count). The summed E-state index contributed by atoms with van der Waals surface area (Å²) in [6, 6.07) is 0. The third-order valence-corrected chi connectivity index (χ3v) is 1.98. The van der Waals surface area contributed by atoms with Crippen molar-refractivity contribution >= 4 is 11.5 Å². The van der Waals surface area contributed by atoms with Gasteiger partial charge in [-0.1, -0.05) is 13.8 Å². The third kappa shape index (κ3) is 3.27. The zero-order valence-corrected chi connectivity index (χ0v) is 10.1. The number of ether oxygens (including phenoxy) is 1. The molecule has 0 radical (unpaired) electrons. The van der Waals surface area contributed by atoms with Crippen LogP contribution in [-0.4, -0.2) is 21.5 Å². The van der Waals surface area contributed by atoms with Gasteiger partial charge < -0.3 is 10.5 Å². The lowest BCUT2D eigenvalue weighted by atomic mass is 10.1. The second-order valence-corrected chi connectivity index (χ2v) is 3.97. The number of rotatable bonds is 5. The van der Waals surface area contributed by atoms with Gasteiger partial charge in [0.1, 0.15) is 5.82 Å². The first-order valence-corrected chi connectivity index (χ1v) is 5.39. The highest BCUT2D eigenvalue weighted by molar-refractivity contribution is 5.58. The normalized spacial score (nSPS) is 10.6. The van der Waals surface area contributed by atoms with Gasteiger partial charge in [-0.25, -0.2) is 4.98 Å². The van der Waals surface area contributed by atoms with E-state index < -0.39 is 4.92 Å². The van der Waals surface area contributed by atoms with Gasteiger partial charge in [0.15, 0.2) is 0 Å². The molecule has 0 saturated carbocycles. The Bertz CT molecular complexity index is 420. The SMILES string of the molecule is CCOc1nc(CC(C)C)nc(N)c1[N+](=O)[O-]. The number of nitro groups is 1. The summed E-state index contributed by atoms with van der Waals surface area (Å²) in [6.45, 7) is 6.02. The van der Waals surface area contributed by atoms with E-state index in [1.54, 1.807) is 6.92 Å². The summed E-state index contributed by atoms with van der Waals surface area (Å²) in [6.07, 6.45) is 0.599. The highest BCUT2D eigenvalue weighted by Gasteiger charge is 2.24. The van der Waals surface area contributed by atoms with E-state index in [4.69, 9.17) is 10.5 Å². The maximum Gasteiger partial charge on any atom is 0.372 e. The largest absolute Gasteiger partial charge is 0.473 e. The number of aromatic nitrogens is 2. The fourth-order valence-corrected chi connectivity index (χ4v) is 1.36. The maximum absolute atomic E-state index is 10.8. The number of anilines is 1. The second-order valence-electron chi connectivity index (χ2n) is 3.97. The molecule has 0 fully saturated rings. The lowest BCUT2D eigenvalue weighted by Crippen LogP contribution is -2.10. The van der Waals surface area contributed by atoms with E-state index in [1.165, 1.54) is 0 Å². The summed E-state index contributed by atoms with van der Waals surface area (Å²) in [5.74, 6) is 0.599. The molecule has 0 aliphatic carbocycles. The molecule has 2 N–H and O–H groups in total. The average molecular weight is 240 g/mol. The van der Waals surface area contributed by atoms with Crippen LogP contribution in [0.4, 0.5) is 11.5 Å². The molecule has 0 unspecified atom stereocenters. The topological polar surface area (TPSA) is 104 Å². The number of nitrogens with zero attached hydrogens (tertiary/aromatic N) is 3. The van der Waals surface area contributed by atoms with Crippen LogP contribution in [0.25, 0.3) is 0 Å². The van der Waals surface area contributed by atoms with Crippen molar-refractivity contribution in [2.75, 3.05) is 12.3 Å². The summed E-state index contributed by atoms with van der Waals surface area (Å²) in [4.78, 5) is 18.1. The Hall–Kier alpha value is -1.92. The summed E-state index contributed by atoms with van der Waals surface area (Å²) in [5.41, 5.74) is 5.19. The van der Waals surface area contributed by atoms with Gasteiger partial charge in [-0.2, -0.15) is 4.98 Å². The molecule has 1 aromatic rings. The molecule has 7 nitrogen and oxygen atoms in total. The lowest BCUT2D eigenvalue weighted by Gasteiger charge is -2.08. The van der Waals surface area contributed by atoms with Crippen molar-refractivity contribution < 1.29 is 9.66 Å². The molecule has 0 saturated heterocycles. The predicted molar refractivity (Wildman–Crippen MR) is 62.8 cm³/mol. The van der Waals surface area contributed by atoms with Crippen LogP contribution in [0, 0.1) is 16.0 Å². The number of hydrogen-bond acceptors (Lipinski definition) is 6. The quantitative estimate of drug-likeness (QED) is 0.618. The Morgan fingerprint density at radius 1 is 1.47 bits per heavy atom. The molecular weight excluding hydrogens is 224 g/mol. The molecule has 0 aliphatic heterocycles. The van der Waals surface area contributed by atoms with Crippen LogP contribution in [0.2, 0.25) is 0 Å². The van der Waals surface area contributed by atoms with Gasteiger partial charge in [0.2, 0.25) is 5.82 Å². The van der Waals surface area contributed by atoms with E-state index >= 15 is 0 Å². The smallest absolute Gasteiger partial charge is 0.372 e. The van der Waals surface area contributed by atoms with Gasteiger partial charge in [-0.15, -0.1) is 0 Å². The van der Waals surface area contributed by atoms with Crippen LogP contribution in [0.3, 0.4) is 0 Å². The van der Waals surface area contributed by atoms with Crippen LogP contribution in [-0.2, 0) is 6.42 Å². The molecule has 17 heavy (non-hydrogen) atoms. The molecule has 7 heteroatoms. The van der Waals surface area contributed by atoms with Gasteiger partial charge >= 0.3 is 5.69 Å². The monoisotopic (exact) mass is 240 g/mol. The number of hydrogen-bond donors (Lipinski definition) is 1. The first kappa shape index (κ1) is 13.1. The highest BCUT2D eigenvalue weighted by atomic mass is 16.6. The first-order valence-electron chi connectivity index (χ1n) is 5.39. The van der Waals surface area contributed by atoms with Crippen LogP contribution in [0.1, 0.15) is 26.6 Å². The van der Waals surface area contributed by atoms with E-state index in [1.807, 2.05) is 13.8 Å². The molecule has 0 aromatic carbocycles. The van der Waals surface area contributed by atoms with Gasteiger partial charge in [0.25, 0.3) is 5.88 Å². The van der Waals surface area contributed by atoms with Crippen LogP contribution >= 0.6 is 0 Å². The van der Waals surface area contributed by atoms with Gasteiger partial charge in [-0.05, 0) is 12.8 Å². The van der Waals surface area contributed by atoms with E-state index in [9.17, 15) is 10.1 Å². The van der Waals surface area contributed by atoms with Crippen molar-refractivity contribution in [3.05, 3.63) is 15.9 Å². The van der Waals surface area contributed by atoms with Crippen molar-refractivity contribution in [1.82, 2.24) is 9.97 Å². The van der Waals surface area contributed by atoms with E-state index in [-0.39, 0.29) is 17.4 Å². The number of nitrogens with two attached hydrogens (primary N) is 1. The van der Waals surface area contributed by atoms with E-state index in [0.29, 0.717) is 24.8 Å². The van der Waals surface area contributed by atoms with Gasteiger partial charge in [0.05, 0.1) is 11.5 Å². The molecule has 0 spiro atoms. The van der Waals surface area contributed by atoms with Crippen molar-refractivity contribution in [2.45, 2.75) is 27.2 Å². The minimum absolute atomic E-state index is 0.0550. The van der Waals surface area contributed by atoms with E-state index in [2.05, 4.69) is 9.97 Å². The standard InChI is InChI=1S/C10H16N4O3/c1-4-17-10-8(14(15)16)9(11)12-7(13-10)5-6(2)3/h6H,4-5H2,1-3H3,(H2,11,12,13). The third-order valence-electron chi connectivity index (χ3n) is 1.98. The second kappa shape index (κ2) is 5.42. The highest BCUT2D eigenvalue weighted by Crippen LogP contribution is 2.30. The molecule has 94 valence electrons. The van der Waals surface area contributed by atoms with Crippen molar-refractivity contribution in [1.29, 1.82) is 0 Å². The summed E-state index contributed by atoms with van der Waals surface area (Å²) < 4.78 is 5.13. The fraction of sp³-hybridized carbons (Fsp3) is 0.600. The van der Waals surface area contributed by atoms with Crippen LogP contribution in [0.5, 0.6) is 5.88 Å². The lowest BCUT2D eigenvalue weighted by molar-refractivity contribution is -0.385. The van der Waals surface area contributed by atoms with Gasteiger partial charge in [-0.3, -0.25) is 10.1 Å². The zero-order chi connectivity index (χ0) is 13.0. The Morgan fingerprint density at radius 3 is 2.59 bits per heavy atom. The first-order chi connectivity index (χ1) is 7.95. The van der Waals surface area contributed by atoms with Gasteiger partial charge in [0, 0.05) is 6.42 Å². The minimum Gasteiger partial charge on any atom is -0.473 e. The summed E-state index contributed by atoms with van der Waals surface area (Å²) >= 11 is 0. The Balaban J connectivity index is 3.20. The summed E-state index contributed by atoms with van der Waals surface area (Å²) in [5, 5.41) is 10.8. The molecule has 0 atom stereocenters. The molecular formula is C10H16N4O3. The summed E-state index contributed by atoms with van der Waals surface area (Å²) in [7, 11) is 0. The zero-order valence-electron chi connectivity index (χ0n) is 10.1. The molecule has 1 heterocycles. The molecule has 1 aromatic heterocycles. The maximum atomic E-state index is 10.8. The van der Waals surface area contributed by atoms with Crippen molar-refractivity contribution in [3.8, 4) is 5.88 Å². The minimum atomic E-state index is -0.626. The van der Waals surface area contributed by atoms with Crippen molar-refractivity contribution in [2.24, 2.45) is 5.92 Å². The number of nitrogen functional groups attached to an aromatic ring is 1. The molecule has 0 amide bonds. The fourth-order valence-electron chi connectivity index (χ4n) is 1.36. The Labute approximate surface area is 99.2 Å². The molecule has 0 bridgehead atoms. The van der Waals surface area contributed by atoms with Crippen molar-refractivity contribution in [3.63, 3.8) is 0 Å².